The summed E-state index contributed by atoms with van der Waals surface area (Å²) >= 11 is 0. The van der Waals surface area contributed by atoms with Crippen LogP contribution in [-0.2, 0) is 9.53 Å². The monoisotopic (exact) mass is 256 g/mol. The third kappa shape index (κ3) is 2.86. The Morgan fingerprint density at radius 1 is 1.44 bits per heavy atom. The lowest BCUT2D eigenvalue weighted by Crippen LogP contribution is -2.50. The standard InChI is InChI=1S/C14H28N2O2/c1-10(2)11(3)16(5)12-7-8-14(9-12,15-4)13(17)18-6/h10-12,15H,7-9H2,1-6H3. The zero-order chi connectivity index (χ0) is 13.9. The Kier molecular flexibility index (Phi) is 5.17. The van der Waals surface area contributed by atoms with Gasteiger partial charge < -0.3 is 15.0 Å². The second-order valence-corrected chi connectivity index (χ2v) is 5.87. The summed E-state index contributed by atoms with van der Waals surface area (Å²) in [4.78, 5) is 14.3. The van der Waals surface area contributed by atoms with Crippen LogP contribution in [0.4, 0.5) is 0 Å². The third-order valence-electron chi connectivity index (χ3n) is 4.73. The first-order valence-corrected chi connectivity index (χ1v) is 6.87. The Bertz CT molecular complexity index is 294. The second kappa shape index (κ2) is 6.02. The van der Waals surface area contributed by atoms with E-state index >= 15 is 0 Å². The summed E-state index contributed by atoms with van der Waals surface area (Å²) in [5.41, 5.74) is -0.482. The number of ether oxygens (including phenoxy) is 1. The van der Waals surface area contributed by atoms with Crippen molar-refractivity contribution in [3.8, 4) is 0 Å². The van der Waals surface area contributed by atoms with Crippen molar-refractivity contribution in [2.75, 3.05) is 21.2 Å². The summed E-state index contributed by atoms with van der Waals surface area (Å²) in [6, 6.07) is 0.981. The van der Waals surface area contributed by atoms with Crippen LogP contribution in [-0.4, -0.2) is 49.7 Å². The van der Waals surface area contributed by atoms with Gasteiger partial charge in [0.15, 0.2) is 0 Å². The molecule has 4 nitrogen and oxygen atoms in total. The molecule has 0 aliphatic heterocycles. The molecule has 106 valence electrons. The molecule has 0 aromatic carbocycles. The maximum Gasteiger partial charge on any atom is 0.326 e. The van der Waals surface area contributed by atoms with Crippen LogP contribution in [0.1, 0.15) is 40.0 Å². The van der Waals surface area contributed by atoms with E-state index in [0.717, 1.165) is 19.3 Å². The van der Waals surface area contributed by atoms with E-state index in [2.05, 4.69) is 38.0 Å². The molecule has 0 aromatic heterocycles. The van der Waals surface area contributed by atoms with Crippen LogP contribution in [0.2, 0.25) is 0 Å². The largest absolute Gasteiger partial charge is 0.468 e. The normalized spacial score (nSPS) is 29.9. The molecule has 1 aliphatic carbocycles. The summed E-state index contributed by atoms with van der Waals surface area (Å²) in [6.45, 7) is 6.73. The van der Waals surface area contributed by atoms with Gasteiger partial charge >= 0.3 is 5.97 Å². The van der Waals surface area contributed by atoms with E-state index in [-0.39, 0.29) is 5.97 Å². The zero-order valence-corrected chi connectivity index (χ0v) is 12.6. The number of nitrogens with one attached hydrogen (secondary N) is 1. The van der Waals surface area contributed by atoms with Crippen molar-refractivity contribution in [3.05, 3.63) is 0 Å². The Balaban J connectivity index is 2.72. The molecule has 1 fully saturated rings. The van der Waals surface area contributed by atoms with Gasteiger partial charge in [0.05, 0.1) is 7.11 Å². The van der Waals surface area contributed by atoms with Gasteiger partial charge in [0.25, 0.3) is 0 Å². The molecular formula is C14H28N2O2. The van der Waals surface area contributed by atoms with Gasteiger partial charge in [-0.3, -0.25) is 4.79 Å². The van der Waals surface area contributed by atoms with Crippen LogP contribution in [0, 0.1) is 5.92 Å². The van der Waals surface area contributed by atoms with Gasteiger partial charge in [0.1, 0.15) is 5.54 Å². The summed E-state index contributed by atoms with van der Waals surface area (Å²) < 4.78 is 4.94. The lowest BCUT2D eigenvalue weighted by Gasteiger charge is -2.34. The van der Waals surface area contributed by atoms with Crippen molar-refractivity contribution in [2.45, 2.75) is 57.7 Å². The van der Waals surface area contributed by atoms with E-state index in [1.807, 2.05) is 7.05 Å². The van der Waals surface area contributed by atoms with E-state index in [9.17, 15) is 4.79 Å². The van der Waals surface area contributed by atoms with E-state index < -0.39 is 5.54 Å². The first kappa shape index (κ1) is 15.4. The fourth-order valence-corrected chi connectivity index (χ4v) is 2.88. The van der Waals surface area contributed by atoms with Crippen molar-refractivity contribution in [1.29, 1.82) is 0 Å². The van der Waals surface area contributed by atoms with Crippen molar-refractivity contribution in [2.24, 2.45) is 5.92 Å². The summed E-state index contributed by atoms with van der Waals surface area (Å²) in [7, 11) is 5.48. The number of carbonyl (C=O) groups is 1. The molecule has 1 aliphatic rings. The molecule has 0 radical (unpaired) electrons. The maximum atomic E-state index is 11.9. The SMILES string of the molecule is CNC1(C(=O)OC)CCC(N(C)C(C)C(C)C)C1. The molecule has 4 heteroatoms. The van der Waals surface area contributed by atoms with Crippen LogP contribution in [0.15, 0.2) is 0 Å². The number of hydrogen-bond donors (Lipinski definition) is 1. The number of likely N-dealkylation sites (N-methyl/N-ethyl adjacent to an activating group) is 1. The molecule has 3 atom stereocenters. The van der Waals surface area contributed by atoms with Crippen LogP contribution >= 0.6 is 0 Å². The van der Waals surface area contributed by atoms with Crippen LogP contribution in [0.3, 0.4) is 0 Å². The summed E-state index contributed by atoms with van der Waals surface area (Å²) in [5, 5.41) is 3.18. The zero-order valence-electron chi connectivity index (χ0n) is 12.6. The second-order valence-electron chi connectivity index (χ2n) is 5.87. The molecule has 0 bridgehead atoms. The highest BCUT2D eigenvalue weighted by atomic mass is 16.5. The lowest BCUT2D eigenvalue weighted by molar-refractivity contribution is -0.148. The number of hydrogen-bond acceptors (Lipinski definition) is 4. The van der Waals surface area contributed by atoms with Gasteiger partial charge in [0.2, 0.25) is 0 Å². The quantitative estimate of drug-likeness (QED) is 0.759. The van der Waals surface area contributed by atoms with Gasteiger partial charge in [0, 0.05) is 12.1 Å². The fraction of sp³-hybridized carbons (Fsp3) is 0.929. The lowest BCUT2D eigenvalue weighted by atomic mass is 9.96. The molecule has 1 saturated carbocycles. The summed E-state index contributed by atoms with van der Waals surface area (Å²) in [5.74, 6) is 0.496. The highest BCUT2D eigenvalue weighted by molar-refractivity contribution is 5.81. The van der Waals surface area contributed by atoms with Crippen molar-refractivity contribution in [1.82, 2.24) is 10.2 Å². The third-order valence-corrected chi connectivity index (χ3v) is 4.73. The number of carbonyl (C=O) groups excluding carboxylic acids is 1. The molecule has 0 aromatic rings. The van der Waals surface area contributed by atoms with Gasteiger partial charge in [-0.15, -0.1) is 0 Å². The number of esters is 1. The topological polar surface area (TPSA) is 41.6 Å². The average molecular weight is 256 g/mol. The Morgan fingerprint density at radius 2 is 2.06 bits per heavy atom. The molecule has 0 saturated heterocycles. The van der Waals surface area contributed by atoms with Gasteiger partial charge in [-0.05, 0) is 46.2 Å². The predicted molar refractivity (Wildman–Crippen MR) is 73.5 cm³/mol. The molecule has 18 heavy (non-hydrogen) atoms. The van der Waals surface area contributed by atoms with Gasteiger partial charge in [-0.1, -0.05) is 13.8 Å². The first-order chi connectivity index (χ1) is 8.38. The summed E-state index contributed by atoms with van der Waals surface area (Å²) in [6.07, 6.45) is 2.74. The van der Waals surface area contributed by atoms with Crippen LogP contribution in [0.25, 0.3) is 0 Å². The smallest absolute Gasteiger partial charge is 0.326 e. The van der Waals surface area contributed by atoms with Crippen LogP contribution in [0.5, 0.6) is 0 Å². The van der Waals surface area contributed by atoms with E-state index in [4.69, 9.17) is 4.74 Å². The minimum Gasteiger partial charge on any atom is -0.468 e. The molecule has 1 rings (SSSR count). The van der Waals surface area contributed by atoms with Crippen molar-refractivity contribution in [3.63, 3.8) is 0 Å². The number of rotatable bonds is 5. The highest BCUT2D eigenvalue weighted by Gasteiger charge is 2.46. The number of nitrogens with zero attached hydrogens (tertiary/aromatic N) is 1. The van der Waals surface area contributed by atoms with Gasteiger partial charge in [-0.25, -0.2) is 0 Å². The Labute approximate surface area is 111 Å². The molecule has 0 spiro atoms. The molecule has 1 N–H and O–H groups in total. The highest BCUT2D eigenvalue weighted by Crippen LogP contribution is 2.34. The predicted octanol–water partition coefficient (Wildman–Crippen LogP) is 1.65. The first-order valence-electron chi connectivity index (χ1n) is 6.87. The maximum absolute atomic E-state index is 11.9. The number of methoxy groups -OCH3 is 1. The Morgan fingerprint density at radius 3 is 2.50 bits per heavy atom. The molecule has 0 amide bonds. The van der Waals surface area contributed by atoms with Gasteiger partial charge in [-0.2, -0.15) is 0 Å². The van der Waals surface area contributed by atoms with E-state index in [1.54, 1.807) is 0 Å². The molecular weight excluding hydrogens is 228 g/mol. The van der Waals surface area contributed by atoms with E-state index in [0.29, 0.717) is 18.0 Å². The van der Waals surface area contributed by atoms with E-state index in [1.165, 1.54) is 7.11 Å². The fourth-order valence-electron chi connectivity index (χ4n) is 2.88. The molecule has 3 unspecified atom stereocenters. The average Bonchev–Trinajstić information content (AvgIpc) is 2.81. The Hall–Kier alpha value is -0.610. The molecule has 0 heterocycles. The van der Waals surface area contributed by atoms with Crippen molar-refractivity contribution < 1.29 is 9.53 Å². The van der Waals surface area contributed by atoms with Crippen molar-refractivity contribution >= 4 is 5.97 Å². The minimum absolute atomic E-state index is 0.127. The minimum atomic E-state index is -0.482. The van der Waals surface area contributed by atoms with Crippen LogP contribution < -0.4 is 5.32 Å².